The molecule has 0 aromatic heterocycles. The summed E-state index contributed by atoms with van der Waals surface area (Å²) in [6.45, 7) is -0.0824. The Morgan fingerprint density at radius 2 is 2.50 bits per heavy atom. The number of aliphatic hydroxyl groups excluding tert-OH is 1. The lowest BCUT2D eigenvalue weighted by molar-refractivity contribution is -0.152. The van der Waals surface area contributed by atoms with Gasteiger partial charge >= 0.3 is 5.97 Å². The number of nitrogens with zero attached hydrogens (tertiary/aromatic N) is 3. The number of hydrogen-bond donors (Lipinski definition) is 1. The summed E-state index contributed by atoms with van der Waals surface area (Å²) in [5.74, 6) is -0.437. The van der Waals surface area contributed by atoms with E-state index in [0.29, 0.717) is 6.42 Å². The number of azide groups is 1. The Morgan fingerprint density at radius 3 is 3.12 bits per heavy atom. The lowest BCUT2D eigenvalue weighted by Crippen LogP contribution is -2.30. The average Bonchev–Trinajstić information content (AvgIpc) is 2.59. The van der Waals surface area contributed by atoms with Crippen LogP contribution in [0.25, 0.3) is 10.4 Å². The fourth-order valence-electron chi connectivity index (χ4n) is 1.62. The summed E-state index contributed by atoms with van der Waals surface area (Å²) in [6.07, 6.45) is -0.219. The monoisotopic (exact) mass is 227 g/mol. The molecule has 16 heavy (non-hydrogen) atoms. The van der Waals surface area contributed by atoms with Crippen LogP contribution < -0.4 is 0 Å². The summed E-state index contributed by atoms with van der Waals surface area (Å²) in [7, 11) is 1.86. The smallest absolute Gasteiger partial charge is 0.306 e. The largest absolute Gasteiger partial charge is 0.459 e. The lowest BCUT2D eigenvalue weighted by Gasteiger charge is -2.16. The molecule has 1 N–H and O–H groups in total. The van der Waals surface area contributed by atoms with E-state index >= 15 is 0 Å². The van der Waals surface area contributed by atoms with E-state index in [1.54, 1.807) is 0 Å². The molecule has 1 unspecified atom stereocenters. The van der Waals surface area contributed by atoms with Gasteiger partial charge in [-0.1, -0.05) is 5.11 Å². The van der Waals surface area contributed by atoms with Crippen molar-refractivity contribution in [2.45, 2.75) is 31.1 Å². The maximum absolute atomic E-state index is 11.3. The number of aliphatic hydroxyl groups is 1. The van der Waals surface area contributed by atoms with Crippen molar-refractivity contribution in [1.82, 2.24) is 0 Å². The fraction of sp³-hybridized carbons (Fsp3) is 0.875. The minimum atomic E-state index is -0.446. The summed E-state index contributed by atoms with van der Waals surface area (Å²) in [4.78, 5) is 13.8. The molecule has 0 aromatic rings. The van der Waals surface area contributed by atoms with Gasteiger partial charge in [0.25, 0.3) is 0 Å². The zero-order chi connectivity index (χ0) is 12.0. The molecule has 0 bridgehead atoms. The highest BCUT2D eigenvalue weighted by atomic mass is 16.6. The first kappa shape index (κ1) is 12.8. The quantitative estimate of drug-likeness (QED) is 0.221. The fourth-order valence-corrected chi connectivity index (χ4v) is 1.62. The molecular weight excluding hydrogens is 213 g/mol. The van der Waals surface area contributed by atoms with Gasteiger partial charge in [0, 0.05) is 23.9 Å². The number of carbonyl (C=O) groups excluding carboxylic acids is 1. The molecule has 1 aliphatic heterocycles. The second-order valence-corrected chi connectivity index (χ2v) is 3.64. The van der Waals surface area contributed by atoms with Crippen LogP contribution in [0.5, 0.6) is 0 Å². The molecule has 0 spiro atoms. The van der Waals surface area contributed by atoms with Crippen LogP contribution in [0.3, 0.4) is 0 Å². The molecule has 0 saturated carbocycles. The highest BCUT2D eigenvalue weighted by molar-refractivity contribution is 6.11. The van der Waals surface area contributed by atoms with Crippen LogP contribution in [0, 0.1) is 0 Å². The van der Waals surface area contributed by atoms with Crippen LogP contribution in [0.4, 0.5) is 0 Å². The molecule has 1 heterocycles. The first-order valence-corrected chi connectivity index (χ1v) is 5.14. The summed E-state index contributed by atoms with van der Waals surface area (Å²) in [5, 5.41) is 12.2. The van der Waals surface area contributed by atoms with Crippen molar-refractivity contribution in [1.29, 1.82) is 0 Å². The number of hydrogen-bond acceptors (Lipinski definition) is 5. The van der Waals surface area contributed by atoms with E-state index < -0.39 is 18.2 Å². The minimum Gasteiger partial charge on any atom is -0.459 e. The van der Waals surface area contributed by atoms with Gasteiger partial charge in [-0.3, -0.25) is 4.79 Å². The maximum atomic E-state index is 11.3. The first-order valence-electron chi connectivity index (χ1n) is 5.14. The third kappa shape index (κ3) is 3.73. The van der Waals surface area contributed by atoms with Crippen LogP contribution in [0.15, 0.2) is 5.11 Å². The van der Waals surface area contributed by atoms with Gasteiger partial charge in [0.15, 0.2) is 0 Å². The normalized spacial score (nSPS) is 28.4. The number of rotatable bonds is 5. The van der Waals surface area contributed by atoms with E-state index in [-0.39, 0.29) is 25.6 Å². The summed E-state index contributed by atoms with van der Waals surface area (Å²) in [5.41, 5.74) is 8.03. The molecule has 1 saturated heterocycles. The van der Waals surface area contributed by atoms with Gasteiger partial charge < -0.3 is 14.6 Å². The Hall–Kier alpha value is -1.24. The molecule has 7 nitrogen and oxygen atoms in total. The SMILES string of the molecule is B[C@H]1CC(OC(=O)CCN=[N+]=[N-])[C@@H](CO)O1. The summed E-state index contributed by atoms with van der Waals surface area (Å²) in [6, 6.07) is -0.0212. The Kier molecular flexibility index (Phi) is 5.11. The third-order valence-corrected chi connectivity index (χ3v) is 2.33. The molecule has 88 valence electrons. The number of carbonyl (C=O) groups is 1. The van der Waals surface area contributed by atoms with E-state index in [2.05, 4.69) is 10.0 Å². The second kappa shape index (κ2) is 6.37. The molecule has 0 aliphatic carbocycles. The van der Waals surface area contributed by atoms with Gasteiger partial charge in [0.1, 0.15) is 20.1 Å². The third-order valence-electron chi connectivity index (χ3n) is 2.33. The minimum absolute atomic E-state index is 0.0212. The van der Waals surface area contributed by atoms with E-state index in [1.807, 2.05) is 7.85 Å². The molecule has 3 atom stereocenters. The highest BCUT2D eigenvalue weighted by Crippen LogP contribution is 2.21. The van der Waals surface area contributed by atoms with E-state index in [9.17, 15) is 4.79 Å². The van der Waals surface area contributed by atoms with Gasteiger partial charge in [-0.25, -0.2) is 0 Å². The van der Waals surface area contributed by atoms with Crippen molar-refractivity contribution < 1.29 is 19.4 Å². The molecule has 0 amide bonds. The van der Waals surface area contributed by atoms with Gasteiger partial charge in [0.05, 0.1) is 13.0 Å². The Labute approximate surface area is 93.8 Å². The molecule has 1 aliphatic rings. The molecule has 8 heteroatoms. The molecule has 1 rings (SSSR count). The van der Waals surface area contributed by atoms with Crippen LogP contribution in [-0.2, 0) is 14.3 Å². The van der Waals surface area contributed by atoms with E-state index in [4.69, 9.17) is 20.1 Å². The van der Waals surface area contributed by atoms with Crippen LogP contribution in [0.2, 0.25) is 0 Å². The second-order valence-electron chi connectivity index (χ2n) is 3.64. The molecular formula is C8H14BN3O4. The van der Waals surface area contributed by atoms with E-state index in [0.717, 1.165) is 0 Å². The van der Waals surface area contributed by atoms with Crippen molar-refractivity contribution in [3.63, 3.8) is 0 Å². The highest BCUT2D eigenvalue weighted by Gasteiger charge is 2.34. The molecule has 0 aromatic carbocycles. The topological polar surface area (TPSA) is 105 Å². The van der Waals surface area contributed by atoms with Crippen molar-refractivity contribution in [3.05, 3.63) is 10.4 Å². The zero-order valence-corrected chi connectivity index (χ0v) is 9.07. The lowest BCUT2D eigenvalue weighted by atomic mass is 9.96. The Bertz CT molecular complexity index is 295. The van der Waals surface area contributed by atoms with Crippen molar-refractivity contribution in [2.75, 3.05) is 13.2 Å². The average molecular weight is 227 g/mol. The first-order chi connectivity index (χ1) is 7.67. The maximum Gasteiger partial charge on any atom is 0.306 e. The van der Waals surface area contributed by atoms with Gasteiger partial charge in [-0.15, -0.1) is 0 Å². The van der Waals surface area contributed by atoms with Gasteiger partial charge in [0.2, 0.25) is 0 Å². The van der Waals surface area contributed by atoms with Crippen LogP contribution in [0.1, 0.15) is 12.8 Å². The predicted molar refractivity (Wildman–Crippen MR) is 57.4 cm³/mol. The Balaban J connectivity index is 2.35. The molecule has 0 radical (unpaired) electrons. The van der Waals surface area contributed by atoms with Crippen molar-refractivity contribution in [2.24, 2.45) is 5.11 Å². The van der Waals surface area contributed by atoms with Crippen LogP contribution in [-0.4, -0.2) is 50.3 Å². The zero-order valence-electron chi connectivity index (χ0n) is 9.07. The number of esters is 1. The standard InChI is InChI=1S/C8H14BN3O4/c9-7-3-5(6(4-13)15-7)16-8(14)1-2-11-12-10/h5-7,13H,1-4,9H2/t5?,6-,7-/m1/s1. The summed E-state index contributed by atoms with van der Waals surface area (Å²) >= 11 is 0. The van der Waals surface area contributed by atoms with Gasteiger partial charge in [-0.2, -0.15) is 0 Å². The van der Waals surface area contributed by atoms with E-state index in [1.165, 1.54) is 0 Å². The van der Waals surface area contributed by atoms with Crippen molar-refractivity contribution in [3.8, 4) is 0 Å². The van der Waals surface area contributed by atoms with Gasteiger partial charge in [-0.05, 0) is 5.53 Å². The Morgan fingerprint density at radius 1 is 1.75 bits per heavy atom. The van der Waals surface area contributed by atoms with Crippen molar-refractivity contribution >= 4 is 13.8 Å². The number of ether oxygens (including phenoxy) is 2. The predicted octanol–water partition coefficient (Wildman–Crippen LogP) is -0.661. The summed E-state index contributed by atoms with van der Waals surface area (Å²) < 4.78 is 10.5. The molecule has 1 fully saturated rings. The van der Waals surface area contributed by atoms with Crippen LogP contribution >= 0.6 is 0 Å².